The first-order valence-electron chi connectivity index (χ1n) is 11.1. The fourth-order valence-corrected chi connectivity index (χ4v) is 5.18. The van der Waals surface area contributed by atoms with Gasteiger partial charge in [0.2, 0.25) is 0 Å². The lowest BCUT2D eigenvalue weighted by atomic mass is 10.2. The van der Waals surface area contributed by atoms with Crippen molar-refractivity contribution in [3.8, 4) is 0 Å². The molecule has 1 aliphatic heterocycles. The number of imide groups is 1. The van der Waals surface area contributed by atoms with Crippen LogP contribution in [0.1, 0.15) is 15.2 Å². The lowest BCUT2D eigenvalue weighted by molar-refractivity contribution is -0.120. The maximum absolute atomic E-state index is 13.4. The molecule has 3 amide bonds. The third-order valence-corrected chi connectivity index (χ3v) is 7.41. The van der Waals surface area contributed by atoms with Crippen LogP contribution in [0.3, 0.4) is 0 Å². The fraction of sp³-hybridized carbons (Fsp3) is 0.0357. The van der Waals surface area contributed by atoms with Gasteiger partial charge in [-0.3, -0.25) is 14.4 Å². The lowest BCUT2D eigenvalue weighted by Gasteiger charge is -2.15. The van der Waals surface area contributed by atoms with Gasteiger partial charge in [0.1, 0.15) is 10.6 Å². The molecule has 1 aliphatic rings. The van der Waals surface area contributed by atoms with Gasteiger partial charge in [0.25, 0.3) is 17.7 Å². The Labute approximate surface area is 216 Å². The van der Waals surface area contributed by atoms with E-state index in [0.29, 0.717) is 21.2 Å². The molecule has 0 saturated carbocycles. The number of thioether (sulfide) groups is 1. The van der Waals surface area contributed by atoms with E-state index < -0.39 is 5.91 Å². The van der Waals surface area contributed by atoms with E-state index in [4.69, 9.17) is 0 Å². The molecule has 1 aromatic heterocycles. The minimum Gasteiger partial charge on any atom is -0.350 e. The van der Waals surface area contributed by atoms with E-state index in [1.54, 1.807) is 42.5 Å². The predicted octanol–water partition coefficient (Wildman–Crippen LogP) is 6.30. The minimum absolute atomic E-state index is 0.173. The van der Waals surface area contributed by atoms with Crippen molar-refractivity contribution >= 4 is 57.9 Å². The molecule has 0 fully saturated rings. The Morgan fingerprint density at radius 2 is 1.50 bits per heavy atom. The second-order valence-corrected chi connectivity index (χ2v) is 10.1. The summed E-state index contributed by atoms with van der Waals surface area (Å²) in [5.74, 6) is -0.970. The Bertz CT molecular complexity index is 1450. The largest absolute Gasteiger partial charge is 0.350 e. The SMILES string of the molecule is Cc1ccc(NC2=C(Sc3ccc(NC(=O)c4cccs4)cc3)C(=O)N(c3ccccc3)C2=O)cc1. The summed E-state index contributed by atoms with van der Waals surface area (Å²) in [6.07, 6.45) is 0. The van der Waals surface area contributed by atoms with Gasteiger partial charge in [-0.1, -0.05) is 53.7 Å². The van der Waals surface area contributed by atoms with Crippen LogP contribution in [0.5, 0.6) is 0 Å². The van der Waals surface area contributed by atoms with E-state index in [2.05, 4.69) is 10.6 Å². The van der Waals surface area contributed by atoms with Crippen LogP contribution in [0.25, 0.3) is 0 Å². The summed E-state index contributed by atoms with van der Waals surface area (Å²) in [6, 6.07) is 27.3. The normalized spacial score (nSPS) is 13.3. The molecular weight excluding hydrogens is 490 g/mol. The van der Waals surface area contributed by atoms with E-state index in [1.165, 1.54) is 28.0 Å². The topological polar surface area (TPSA) is 78.5 Å². The highest BCUT2D eigenvalue weighted by molar-refractivity contribution is 8.04. The molecule has 0 aliphatic carbocycles. The molecule has 178 valence electrons. The van der Waals surface area contributed by atoms with E-state index in [1.807, 2.05) is 60.8 Å². The van der Waals surface area contributed by atoms with E-state index in [-0.39, 0.29) is 17.5 Å². The average Bonchev–Trinajstić information content (AvgIpc) is 3.51. The Morgan fingerprint density at radius 1 is 0.806 bits per heavy atom. The molecule has 5 rings (SSSR count). The molecule has 2 N–H and O–H groups in total. The van der Waals surface area contributed by atoms with Crippen LogP contribution in [-0.4, -0.2) is 17.7 Å². The van der Waals surface area contributed by atoms with Crippen molar-refractivity contribution < 1.29 is 14.4 Å². The van der Waals surface area contributed by atoms with Gasteiger partial charge in [-0.15, -0.1) is 11.3 Å². The first-order valence-corrected chi connectivity index (χ1v) is 12.8. The molecule has 2 heterocycles. The van der Waals surface area contributed by atoms with Crippen molar-refractivity contribution in [2.75, 3.05) is 15.5 Å². The van der Waals surface area contributed by atoms with Crippen molar-refractivity contribution in [1.82, 2.24) is 0 Å². The summed E-state index contributed by atoms with van der Waals surface area (Å²) < 4.78 is 0. The van der Waals surface area contributed by atoms with Gasteiger partial charge in [0, 0.05) is 16.3 Å². The highest BCUT2D eigenvalue weighted by Gasteiger charge is 2.40. The maximum atomic E-state index is 13.4. The number of anilines is 3. The van der Waals surface area contributed by atoms with Crippen LogP contribution >= 0.6 is 23.1 Å². The standard InChI is InChI=1S/C28H21N3O3S2/c1-18-9-11-19(12-10-18)29-24-25(28(34)31(27(24)33)21-6-3-2-4-7-21)36-22-15-13-20(14-16-22)30-26(32)23-8-5-17-35-23/h2-17,29H,1H3,(H,30,32). The molecule has 0 bridgehead atoms. The number of nitrogens with zero attached hydrogens (tertiary/aromatic N) is 1. The first kappa shape index (κ1) is 23.6. The smallest absolute Gasteiger partial charge is 0.283 e. The number of hydrogen-bond donors (Lipinski definition) is 2. The van der Waals surface area contributed by atoms with Crippen LogP contribution < -0.4 is 15.5 Å². The maximum Gasteiger partial charge on any atom is 0.283 e. The Balaban J connectivity index is 1.41. The van der Waals surface area contributed by atoms with Crippen LogP contribution in [0.4, 0.5) is 17.1 Å². The van der Waals surface area contributed by atoms with Crippen molar-refractivity contribution in [3.05, 3.63) is 117 Å². The monoisotopic (exact) mass is 511 g/mol. The number of aryl methyl sites for hydroxylation is 1. The van der Waals surface area contributed by atoms with Gasteiger partial charge in [0.15, 0.2) is 0 Å². The number of nitrogens with one attached hydrogen (secondary N) is 2. The lowest BCUT2D eigenvalue weighted by Crippen LogP contribution is -2.32. The Kier molecular flexibility index (Phi) is 6.71. The second kappa shape index (κ2) is 10.2. The highest BCUT2D eigenvalue weighted by atomic mass is 32.2. The summed E-state index contributed by atoms with van der Waals surface area (Å²) >= 11 is 2.58. The predicted molar refractivity (Wildman–Crippen MR) is 145 cm³/mol. The molecule has 8 heteroatoms. The van der Waals surface area contributed by atoms with Gasteiger partial charge in [-0.25, -0.2) is 4.90 Å². The molecule has 0 spiro atoms. The van der Waals surface area contributed by atoms with Gasteiger partial charge in [-0.05, 0) is 66.9 Å². The van der Waals surface area contributed by atoms with E-state index in [0.717, 1.165) is 16.1 Å². The summed E-state index contributed by atoms with van der Waals surface area (Å²) in [5, 5.41) is 7.88. The number of benzene rings is 3. The summed E-state index contributed by atoms with van der Waals surface area (Å²) in [6.45, 7) is 1.98. The van der Waals surface area contributed by atoms with Crippen LogP contribution in [0, 0.1) is 6.92 Å². The van der Waals surface area contributed by atoms with Gasteiger partial charge in [0.05, 0.1) is 10.6 Å². The number of rotatable bonds is 7. The molecule has 36 heavy (non-hydrogen) atoms. The second-order valence-electron chi connectivity index (χ2n) is 8.03. The summed E-state index contributed by atoms with van der Waals surface area (Å²) in [7, 11) is 0. The summed E-state index contributed by atoms with van der Waals surface area (Å²) in [5.41, 5.74) is 3.20. The molecule has 0 radical (unpaired) electrons. The third kappa shape index (κ3) is 4.95. The molecule has 3 aromatic carbocycles. The van der Waals surface area contributed by atoms with Gasteiger partial charge >= 0.3 is 0 Å². The highest BCUT2D eigenvalue weighted by Crippen LogP contribution is 2.38. The Morgan fingerprint density at radius 3 is 2.17 bits per heavy atom. The molecule has 0 saturated heterocycles. The zero-order valence-corrected chi connectivity index (χ0v) is 20.9. The molecule has 4 aromatic rings. The van der Waals surface area contributed by atoms with Crippen LogP contribution in [0.2, 0.25) is 0 Å². The number of thiophene rings is 1. The first-order chi connectivity index (χ1) is 17.5. The fourth-order valence-electron chi connectivity index (χ4n) is 3.63. The minimum atomic E-state index is -0.408. The zero-order valence-electron chi connectivity index (χ0n) is 19.2. The van der Waals surface area contributed by atoms with Gasteiger partial charge in [-0.2, -0.15) is 0 Å². The van der Waals surface area contributed by atoms with Crippen LogP contribution in [-0.2, 0) is 9.59 Å². The Hall–Kier alpha value is -4.14. The number of hydrogen-bond acceptors (Lipinski definition) is 6. The molecule has 0 atom stereocenters. The van der Waals surface area contributed by atoms with Crippen molar-refractivity contribution in [2.24, 2.45) is 0 Å². The molecular formula is C28H21N3O3S2. The van der Waals surface area contributed by atoms with Crippen molar-refractivity contribution in [2.45, 2.75) is 11.8 Å². The van der Waals surface area contributed by atoms with Gasteiger partial charge < -0.3 is 10.6 Å². The van der Waals surface area contributed by atoms with Crippen LogP contribution in [0.15, 0.2) is 112 Å². The number of para-hydroxylation sites is 1. The average molecular weight is 512 g/mol. The third-order valence-electron chi connectivity index (χ3n) is 5.45. The molecule has 6 nitrogen and oxygen atoms in total. The molecule has 0 unspecified atom stereocenters. The number of amides is 3. The van der Waals surface area contributed by atoms with E-state index in [9.17, 15) is 14.4 Å². The summed E-state index contributed by atoms with van der Waals surface area (Å²) in [4.78, 5) is 42.1. The van der Waals surface area contributed by atoms with Crippen molar-refractivity contribution in [1.29, 1.82) is 0 Å². The quantitative estimate of drug-likeness (QED) is 0.285. The number of carbonyl (C=O) groups is 3. The van der Waals surface area contributed by atoms with E-state index >= 15 is 0 Å². The van der Waals surface area contributed by atoms with Crippen molar-refractivity contribution in [3.63, 3.8) is 0 Å². The zero-order chi connectivity index (χ0) is 25.1. The number of carbonyl (C=O) groups excluding carboxylic acids is 3.